The highest BCUT2D eigenvalue weighted by Gasteiger charge is 2.27. The summed E-state index contributed by atoms with van der Waals surface area (Å²) >= 11 is 6.61. The van der Waals surface area contributed by atoms with Crippen molar-refractivity contribution >= 4 is 66.3 Å². The first-order valence-electron chi connectivity index (χ1n) is 11.1. The predicted molar refractivity (Wildman–Crippen MR) is 144 cm³/mol. The molecule has 0 aliphatic rings. The number of carbonyl (C=O) groups excluding carboxylic acids is 4. The number of esters is 2. The van der Waals surface area contributed by atoms with Crippen molar-refractivity contribution in [3.05, 3.63) is 110 Å². The number of rotatable bonds is 8. The molecule has 3 aromatic carbocycles. The Labute approximate surface area is 229 Å². The van der Waals surface area contributed by atoms with E-state index in [1.165, 1.54) is 0 Å². The summed E-state index contributed by atoms with van der Waals surface area (Å²) in [6.45, 7) is 0.513. The van der Waals surface area contributed by atoms with Crippen LogP contribution in [0.1, 0.15) is 47.1 Å². The first-order valence-corrected chi connectivity index (χ1v) is 12.6. The van der Waals surface area contributed by atoms with E-state index in [9.17, 15) is 19.2 Å². The van der Waals surface area contributed by atoms with Crippen molar-refractivity contribution in [2.75, 3.05) is 13.2 Å². The molecule has 0 aliphatic heterocycles. The molecule has 4 aromatic rings. The Kier molecular flexibility index (Phi) is 8.25. The maximum Gasteiger partial charge on any atom is 0.341 e. The highest BCUT2D eigenvalue weighted by molar-refractivity contribution is 9.10. The molecular formula is C28H19Br2NO6. The second-order valence-corrected chi connectivity index (χ2v) is 9.81. The highest BCUT2D eigenvalue weighted by Crippen LogP contribution is 2.25. The summed E-state index contributed by atoms with van der Waals surface area (Å²) < 4.78 is 12.2. The number of hydrogen-bond acceptors (Lipinski definition) is 7. The van der Waals surface area contributed by atoms with Crippen LogP contribution in [0.25, 0.3) is 10.9 Å². The summed E-state index contributed by atoms with van der Waals surface area (Å²) in [4.78, 5) is 55.8. The molecule has 0 unspecified atom stereocenters. The molecule has 0 N–H and O–H groups in total. The van der Waals surface area contributed by atoms with Crippen LogP contribution in [-0.2, 0) is 9.47 Å². The Morgan fingerprint density at radius 2 is 1.14 bits per heavy atom. The molecule has 0 atom stereocenters. The van der Waals surface area contributed by atoms with Gasteiger partial charge in [-0.15, -0.1) is 0 Å². The molecular weight excluding hydrogens is 606 g/mol. The van der Waals surface area contributed by atoms with E-state index in [-0.39, 0.29) is 16.8 Å². The lowest BCUT2D eigenvalue weighted by Crippen LogP contribution is -2.21. The van der Waals surface area contributed by atoms with Crippen LogP contribution < -0.4 is 0 Å². The monoisotopic (exact) mass is 623 g/mol. The molecule has 186 valence electrons. The van der Waals surface area contributed by atoms with Gasteiger partial charge in [-0.2, -0.15) is 0 Å². The van der Waals surface area contributed by atoms with Gasteiger partial charge in [-0.25, -0.2) is 9.59 Å². The maximum absolute atomic E-state index is 13.2. The zero-order chi connectivity index (χ0) is 26.5. The van der Waals surface area contributed by atoms with E-state index in [2.05, 4.69) is 36.8 Å². The molecule has 0 amide bonds. The molecule has 0 fully saturated rings. The third kappa shape index (κ3) is 6.18. The fourth-order valence-corrected chi connectivity index (χ4v) is 4.17. The molecule has 9 heteroatoms. The fourth-order valence-electron chi connectivity index (χ4n) is 3.64. The number of halogens is 2. The molecule has 7 nitrogen and oxygen atoms in total. The third-order valence-electron chi connectivity index (χ3n) is 5.48. The zero-order valence-corrected chi connectivity index (χ0v) is 22.7. The van der Waals surface area contributed by atoms with E-state index in [4.69, 9.17) is 9.47 Å². The minimum Gasteiger partial charge on any atom is -0.454 e. The van der Waals surface area contributed by atoms with Gasteiger partial charge in [0, 0.05) is 25.5 Å². The van der Waals surface area contributed by atoms with E-state index in [1.54, 1.807) is 79.7 Å². The third-order valence-corrected chi connectivity index (χ3v) is 6.54. The van der Waals surface area contributed by atoms with Crippen LogP contribution in [0, 0.1) is 6.92 Å². The topological polar surface area (TPSA) is 99.6 Å². The van der Waals surface area contributed by atoms with Crippen LogP contribution >= 0.6 is 31.9 Å². The van der Waals surface area contributed by atoms with E-state index >= 15 is 0 Å². The minimum atomic E-state index is -0.896. The van der Waals surface area contributed by atoms with Crippen molar-refractivity contribution < 1.29 is 28.7 Å². The molecule has 0 radical (unpaired) electrons. The molecule has 0 saturated heterocycles. The van der Waals surface area contributed by atoms with Gasteiger partial charge in [0.1, 0.15) is 0 Å². The second-order valence-electron chi connectivity index (χ2n) is 7.98. The first kappa shape index (κ1) is 26.4. The number of carbonyl (C=O) groups is 4. The van der Waals surface area contributed by atoms with Gasteiger partial charge in [0.2, 0.25) is 0 Å². The number of hydrogen-bond donors (Lipinski definition) is 0. The Morgan fingerprint density at radius 1 is 0.676 bits per heavy atom. The summed E-state index contributed by atoms with van der Waals surface area (Å²) in [5, 5.41) is 0.361. The zero-order valence-electron chi connectivity index (χ0n) is 19.5. The Morgan fingerprint density at radius 3 is 1.65 bits per heavy atom. The molecule has 37 heavy (non-hydrogen) atoms. The van der Waals surface area contributed by atoms with Gasteiger partial charge < -0.3 is 9.47 Å². The van der Waals surface area contributed by atoms with Crippen LogP contribution in [0.15, 0.2) is 81.7 Å². The van der Waals surface area contributed by atoms with Gasteiger partial charge in [0.05, 0.1) is 22.3 Å². The highest BCUT2D eigenvalue weighted by atomic mass is 79.9. The van der Waals surface area contributed by atoms with Gasteiger partial charge in [-0.1, -0.05) is 74.3 Å². The fraction of sp³-hybridized carbons (Fsp3) is 0.107. The maximum atomic E-state index is 13.2. The van der Waals surface area contributed by atoms with Crippen LogP contribution in [0.5, 0.6) is 0 Å². The van der Waals surface area contributed by atoms with E-state index in [0.29, 0.717) is 22.0 Å². The SMILES string of the molecule is Cc1nc2ccccc2c(C(=O)OCC(=O)c2ccc(Br)cc2)c1C(=O)OCC(=O)c1ccc(Br)cc1. The lowest BCUT2D eigenvalue weighted by Gasteiger charge is -2.14. The number of aromatic nitrogens is 1. The van der Waals surface area contributed by atoms with Crippen LogP contribution in [0.4, 0.5) is 0 Å². The average molecular weight is 625 g/mol. The summed E-state index contributed by atoms with van der Waals surface area (Å²) in [5.41, 5.74) is 1.24. The number of para-hydroxylation sites is 1. The molecule has 0 spiro atoms. The number of aryl methyl sites for hydroxylation is 1. The minimum absolute atomic E-state index is 0.0761. The summed E-state index contributed by atoms with van der Waals surface area (Å²) in [6.07, 6.45) is 0. The number of Topliss-reactive ketones (excluding diaryl/α,β-unsaturated/α-hetero) is 2. The number of nitrogens with zero attached hydrogens (tertiary/aromatic N) is 1. The smallest absolute Gasteiger partial charge is 0.341 e. The van der Waals surface area contributed by atoms with Gasteiger partial charge in [0.15, 0.2) is 24.8 Å². The number of ether oxygens (including phenoxy) is 2. The second kappa shape index (κ2) is 11.6. The Balaban J connectivity index is 1.59. The van der Waals surface area contributed by atoms with E-state index in [0.717, 1.165) is 8.95 Å². The molecule has 0 aliphatic carbocycles. The lowest BCUT2D eigenvalue weighted by molar-refractivity contribution is 0.0439. The normalized spacial score (nSPS) is 10.7. The van der Waals surface area contributed by atoms with Gasteiger partial charge in [0.25, 0.3) is 0 Å². The van der Waals surface area contributed by atoms with Crippen molar-refractivity contribution in [1.82, 2.24) is 4.98 Å². The van der Waals surface area contributed by atoms with E-state index in [1.807, 2.05) is 0 Å². The van der Waals surface area contributed by atoms with Crippen molar-refractivity contribution in [1.29, 1.82) is 0 Å². The number of benzene rings is 3. The molecule has 0 saturated carbocycles. The number of pyridine rings is 1. The number of ketones is 2. The molecule has 0 bridgehead atoms. The standard InChI is InChI=1S/C28H19Br2NO6/c1-16-25(27(34)36-14-23(32)17-6-10-19(29)11-7-17)26(21-4-2-3-5-22(21)31-16)28(35)37-15-24(33)18-8-12-20(30)13-9-18/h2-13H,14-15H2,1H3. The van der Waals surface area contributed by atoms with Crippen molar-refractivity contribution in [2.45, 2.75) is 6.92 Å². The van der Waals surface area contributed by atoms with Gasteiger partial charge in [-0.3, -0.25) is 14.6 Å². The molecule has 4 rings (SSSR count). The molecule has 1 aromatic heterocycles. The first-order chi connectivity index (χ1) is 17.7. The van der Waals surface area contributed by atoms with Crippen LogP contribution in [0.3, 0.4) is 0 Å². The summed E-state index contributed by atoms with van der Waals surface area (Å²) in [5.74, 6) is -2.58. The number of fused-ring (bicyclic) bond motifs is 1. The van der Waals surface area contributed by atoms with Crippen LogP contribution in [-0.4, -0.2) is 41.7 Å². The van der Waals surface area contributed by atoms with Crippen LogP contribution in [0.2, 0.25) is 0 Å². The Bertz CT molecular complexity index is 1510. The molecule has 1 heterocycles. The largest absolute Gasteiger partial charge is 0.454 e. The van der Waals surface area contributed by atoms with Crippen molar-refractivity contribution in [3.63, 3.8) is 0 Å². The van der Waals surface area contributed by atoms with Gasteiger partial charge in [-0.05, 0) is 37.3 Å². The predicted octanol–water partition coefficient (Wildman–Crippen LogP) is 6.15. The van der Waals surface area contributed by atoms with Gasteiger partial charge >= 0.3 is 11.9 Å². The lowest BCUT2D eigenvalue weighted by atomic mass is 10.0. The summed E-state index contributed by atoms with van der Waals surface area (Å²) in [6, 6.07) is 20.0. The average Bonchev–Trinajstić information content (AvgIpc) is 2.90. The Hall–Kier alpha value is -3.69. The quantitative estimate of drug-likeness (QED) is 0.171. The van der Waals surface area contributed by atoms with Crippen molar-refractivity contribution in [2.24, 2.45) is 0 Å². The summed E-state index contributed by atoms with van der Waals surface area (Å²) in [7, 11) is 0. The van der Waals surface area contributed by atoms with Crippen molar-refractivity contribution in [3.8, 4) is 0 Å². The van der Waals surface area contributed by atoms with E-state index < -0.39 is 36.7 Å².